The number of carbonyl (C=O) groups excluding carboxylic acids is 2. The summed E-state index contributed by atoms with van der Waals surface area (Å²) in [5.41, 5.74) is -1.30. The van der Waals surface area contributed by atoms with Crippen LogP contribution in [0.4, 0.5) is 0 Å². The van der Waals surface area contributed by atoms with Crippen molar-refractivity contribution < 1.29 is 24.2 Å². The predicted octanol–water partition coefficient (Wildman–Crippen LogP) is 5.92. The molecule has 1 aromatic rings. The number of carboxylic acids is 1. The van der Waals surface area contributed by atoms with Crippen LogP contribution in [0.25, 0.3) is 0 Å². The number of hydrogen-bond acceptors (Lipinski definition) is 4. The van der Waals surface area contributed by atoms with E-state index in [9.17, 15) is 19.5 Å². The lowest BCUT2D eigenvalue weighted by molar-refractivity contribution is -0.181. The van der Waals surface area contributed by atoms with Crippen LogP contribution < -0.4 is 0 Å². The molecule has 0 radical (unpaired) electrons. The molecule has 0 aliphatic heterocycles. The lowest BCUT2D eigenvalue weighted by Crippen LogP contribution is -2.62. The van der Waals surface area contributed by atoms with Crippen molar-refractivity contribution in [2.75, 3.05) is 6.61 Å². The monoisotopic (exact) mass is 528 g/mol. The molecular weight excluding hydrogens is 496 g/mol. The first kappa shape index (κ1) is 23.8. The Kier molecular flexibility index (Phi) is 5.62. The molecule has 0 spiro atoms. The quantitative estimate of drug-likeness (QED) is 0.270. The number of fused-ring (bicyclic) bond motifs is 2. The first-order chi connectivity index (χ1) is 16.1. The van der Waals surface area contributed by atoms with Crippen LogP contribution in [-0.2, 0) is 14.3 Å². The van der Waals surface area contributed by atoms with Gasteiger partial charge in [0.1, 0.15) is 11.7 Å². The Hall–Kier alpha value is -1.95. The number of carbonyl (C=O) groups is 3. The van der Waals surface area contributed by atoms with Gasteiger partial charge in [-0.1, -0.05) is 54.8 Å². The van der Waals surface area contributed by atoms with Gasteiger partial charge in [-0.3, -0.25) is 4.79 Å². The van der Waals surface area contributed by atoms with Gasteiger partial charge < -0.3 is 14.6 Å². The molecule has 3 saturated carbocycles. The molecule has 182 valence electrons. The zero-order valence-electron chi connectivity index (χ0n) is 20.1. The summed E-state index contributed by atoms with van der Waals surface area (Å²) < 4.78 is 6.59. The largest absolute Gasteiger partial charge is 0.481 e. The smallest absolute Gasteiger partial charge is 0.338 e. The predicted molar refractivity (Wildman–Crippen MR) is 131 cm³/mol. The molecule has 1 N–H and O–H groups in total. The van der Waals surface area contributed by atoms with Crippen LogP contribution >= 0.6 is 15.9 Å². The van der Waals surface area contributed by atoms with Crippen LogP contribution in [0.1, 0.15) is 63.2 Å². The standard InChI is InChI=1S/C28H33BrO5/c1-16(2)23-12-19-13-27(15-30)22-9-4-17(3)21(22)14-26(19,28(23,27)25(32)33)10-11-34-24(31)18-5-7-20(29)8-6-18/h5-8,12,15-17,19,21-22H,4,9-11,13-14H2,1-3H3,(H,32,33)/t17-,19?,21?,22?,26?,27?,28?/m1/s1. The second kappa shape index (κ2) is 8.04. The number of rotatable bonds is 7. The first-order valence-corrected chi connectivity index (χ1v) is 13.3. The van der Waals surface area contributed by atoms with E-state index in [0.29, 0.717) is 30.2 Å². The molecule has 0 heterocycles. The van der Waals surface area contributed by atoms with Gasteiger partial charge in [-0.05, 0) is 79.5 Å². The van der Waals surface area contributed by atoms with Gasteiger partial charge in [-0.2, -0.15) is 0 Å². The normalized spacial score (nSPS) is 39.6. The lowest BCUT2D eigenvalue weighted by Gasteiger charge is -2.58. The third-order valence-corrected chi connectivity index (χ3v) is 10.5. The second-order valence-corrected chi connectivity index (χ2v) is 12.3. The second-order valence-electron chi connectivity index (χ2n) is 11.4. The van der Waals surface area contributed by atoms with Gasteiger partial charge in [0, 0.05) is 9.89 Å². The van der Waals surface area contributed by atoms with Crippen molar-refractivity contribution in [1.82, 2.24) is 0 Å². The van der Waals surface area contributed by atoms with Crippen molar-refractivity contribution in [2.45, 2.75) is 52.9 Å². The molecule has 6 heteroatoms. The maximum atomic E-state index is 13.4. The lowest BCUT2D eigenvalue weighted by atomic mass is 9.42. The van der Waals surface area contributed by atoms with E-state index < -0.39 is 28.2 Å². The van der Waals surface area contributed by atoms with Crippen molar-refractivity contribution in [3.63, 3.8) is 0 Å². The molecule has 34 heavy (non-hydrogen) atoms. The fourth-order valence-electron chi connectivity index (χ4n) is 8.83. The average molecular weight is 529 g/mol. The summed E-state index contributed by atoms with van der Waals surface area (Å²) in [5, 5.41) is 11.0. The highest BCUT2D eigenvalue weighted by Gasteiger charge is 2.83. The van der Waals surface area contributed by atoms with E-state index in [-0.39, 0.29) is 24.4 Å². The first-order valence-electron chi connectivity index (χ1n) is 12.5. The van der Waals surface area contributed by atoms with Gasteiger partial charge in [-0.25, -0.2) is 4.79 Å². The van der Waals surface area contributed by atoms with Gasteiger partial charge in [0.2, 0.25) is 0 Å². The van der Waals surface area contributed by atoms with E-state index in [0.717, 1.165) is 35.6 Å². The summed E-state index contributed by atoms with van der Waals surface area (Å²) in [6.45, 7) is 6.49. The molecule has 0 amide bonds. The van der Waals surface area contributed by atoms with E-state index in [1.807, 2.05) is 13.8 Å². The Balaban J connectivity index is 1.53. The molecule has 4 aliphatic rings. The molecule has 0 aromatic heterocycles. The van der Waals surface area contributed by atoms with Gasteiger partial charge in [0.15, 0.2) is 0 Å². The summed E-state index contributed by atoms with van der Waals surface area (Å²) in [7, 11) is 0. The minimum Gasteiger partial charge on any atom is -0.481 e. The molecule has 5 nitrogen and oxygen atoms in total. The minimum absolute atomic E-state index is 0.0235. The van der Waals surface area contributed by atoms with E-state index in [4.69, 9.17) is 4.74 Å². The molecule has 4 bridgehead atoms. The molecular formula is C28H33BrO5. The number of halogens is 1. The number of benzene rings is 1. The number of allylic oxidation sites excluding steroid dienone is 1. The highest BCUT2D eigenvalue weighted by molar-refractivity contribution is 9.10. The summed E-state index contributed by atoms with van der Waals surface area (Å²) in [6, 6.07) is 7.02. The SMILES string of the molecule is CC(C)C1=CC2CC3(C=O)C4CC[C@@H](C)C4CC2(CCOC(=O)c2ccc(Br)cc2)C13C(=O)O. The Labute approximate surface area is 209 Å². The van der Waals surface area contributed by atoms with Crippen molar-refractivity contribution in [3.8, 4) is 0 Å². The van der Waals surface area contributed by atoms with Crippen LogP contribution in [0.2, 0.25) is 0 Å². The van der Waals surface area contributed by atoms with E-state index >= 15 is 0 Å². The Morgan fingerprint density at radius 1 is 1.21 bits per heavy atom. The number of esters is 1. The van der Waals surface area contributed by atoms with Gasteiger partial charge >= 0.3 is 11.9 Å². The summed E-state index contributed by atoms with van der Waals surface area (Å²) in [5.74, 6) is -0.278. The zero-order chi connectivity index (χ0) is 24.5. The van der Waals surface area contributed by atoms with Crippen LogP contribution in [0.5, 0.6) is 0 Å². The summed E-state index contributed by atoms with van der Waals surface area (Å²) >= 11 is 3.37. The molecule has 4 aliphatic carbocycles. The molecule has 3 fully saturated rings. The Morgan fingerprint density at radius 2 is 1.91 bits per heavy atom. The molecule has 1 aromatic carbocycles. The third-order valence-electron chi connectivity index (χ3n) is 9.98. The number of aldehydes is 1. The summed E-state index contributed by atoms with van der Waals surface area (Å²) in [6.07, 6.45) is 7.04. The zero-order valence-corrected chi connectivity index (χ0v) is 21.6. The highest BCUT2D eigenvalue weighted by atomic mass is 79.9. The fourth-order valence-corrected chi connectivity index (χ4v) is 9.09. The van der Waals surface area contributed by atoms with E-state index in [1.54, 1.807) is 24.3 Å². The van der Waals surface area contributed by atoms with Gasteiger partial charge in [0.05, 0.1) is 17.6 Å². The van der Waals surface area contributed by atoms with Crippen LogP contribution in [0.15, 0.2) is 40.4 Å². The molecule has 6 unspecified atom stereocenters. The van der Waals surface area contributed by atoms with Gasteiger partial charge in [-0.15, -0.1) is 0 Å². The van der Waals surface area contributed by atoms with E-state index in [2.05, 4.69) is 28.9 Å². The number of aliphatic carboxylic acids is 1. The van der Waals surface area contributed by atoms with Crippen LogP contribution in [0, 0.1) is 45.8 Å². The average Bonchev–Trinajstić information content (AvgIpc) is 3.36. The molecule has 5 rings (SSSR count). The Morgan fingerprint density at radius 3 is 2.53 bits per heavy atom. The van der Waals surface area contributed by atoms with Crippen molar-refractivity contribution in [3.05, 3.63) is 46.0 Å². The fraction of sp³-hybridized carbons (Fsp3) is 0.607. The van der Waals surface area contributed by atoms with E-state index in [1.165, 1.54) is 0 Å². The number of hydrogen-bond donors (Lipinski definition) is 1. The topological polar surface area (TPSA) is 80.7 Å². The minimum atomic E-state index is -1.21. The summed E-state index contributed by atoms with van der Waals surface area (Å²) in [4.78, 5) is 39.1. The van der Waals surface area contributed by atoms with Crippen LogP contribution in [-0.4, -0.2) is 29.9 Å². The van der Waals surface area contributed by atoms with Crippen LogP contribution in [0.3, 0.4) is 0 Å². The van der Waals surface area contributed by atoms with Crippen molar-refractivity contribution >= 4 is 34.2 Å². The Bertz CT molecular complexity index is 1060. The van der Waals surface area contributed by atoms with Gasteiger partial charge in [0.25, 0.3) is 0 Å². The maximum Gasteiger partial charge on any atom is 0.338 e. The number of carboxylic acid groups (broad SMARTS) is 1. The van der Waals surface area contributed by atoms with Crippen molar-refractivity contribution in [2.24, 2.45) is 45.8 Å². The molecule has 0 saturated heterocycles. The maximum absolute atomic E-state index is 13.4. The van der Waals surface area contributed by atoms with Crippen molar-refractivity contribution in [1.29, 1.82) is 0 Å². The molecule has 7 atom stereocenters. The third kappa shape index (κ3) is 2.81. The highest BCUT2D eigenvalue weighted by Crippen LogP contribution is 2.83. The number of ether oxygens (including phenoxy) is 1.